The third-order valence-corrected chi connectivity index (χ3v) is 3.57. The van der Waals surface area contributed by atoms with E-state index in [2.05, 4.69) is 22.2 Å². The van der Waals surface area contributed by atoms with Gasteiger partial charge >= 0.3 is 0 Å². The summed E-state index contributed by atoms with van der Waals surface area (Å²) in [4.78, 5) is 28.8. The number of carbonyl (C=O) groups excluding carboxylic acids is 2. The summed E-state index contributed by atoms with van der Waals surface area (Å²) >= 11 is 0. The topological polar surface area (TPSA) is 75.5 Å². The van der Waals surface area contributed by atoms with Gasteiger partial charge < -0.3 is 10.6 Å². The fraction of sp³-hybridized carbons (Fsp3) is 0.0556. The van der Waals surface area contributed by atoms with E-state index in [0.29, 0.717) is 5.52 Å². The van der Waals surface area contributed by atoms with Crippen LogP contribution in [0, 0.1) is 11.6 Å². The molecule has 2 amide bonds. The number of anilines is 1. The minimum atomic E-state index is -0.911. The first kappa shape index (κ1) is 17.3. The molecule has 0 spiro atoms. The average Bonchev–Trinajstić information content (AvgIpc) is 3.02. The first-order valence-electron chi connectivity index (χ1n) is 7.64. The number of nitrogens with zero attached hydrogens (tertiary/aromatic N) is 2. The number of nitrogens with one attached hydrogen (secondary N) is 2. The van der Waals surface area contributed by atoms with Crippen LogP contribution in [-0.4, -0.2) is 27.7 Å². The van der Waals surface area contributed by atoms with Gasteiger partial charge in [0, 0.05) is 12.7 Å². The first-order chi connectivity index (χ1) is 12.5. The number of pyridine rings is 1. The summed E-state index contributed by atoms with van der Waals surface area (Å²) in [5.41, 5.74) is -0.380. The van der Waals surface area contributed by atoms with Crippen molar-refractivity contribution in [2.24, 2.45) is 0 Å². The summed E-state index contributed by atoms with van der Waals surface area (Å²) in [7, 11) is 0. The number of imidazole rings is 1. The van der Waals surface area contributed by atoms with E-state index in [1.54, 1.807) is 24.4 Å². The van der Waals surface area contributed by atoms with E-state index in [4.69, 9.17) is 0 Å². The summed E-state index contributed by atoms with van der Waals surface area (Å²) in [6.45, 7) is 3.73. The molecule has 2 N–H and O–H groups in total. The molecule has 2 aromatic heterocycles. The number of rotatable bonds is 5. The molecule has 3 aromatic rings. The second kappa shape index (κ2) is 7.14. The highest BCUT2D eigenvalue weighted by atomic mass is 19.1. The fourth-order valence-corrected chi connectivity index (χ4v) is 2.40. The summed E-state index contributed by atoms with van der Waals surface area (Å²) in [6.07, 6.45) is 3.06. The van der Waals surface area contributed by atoms with Crippen molar-refractivity contribution in [1.82, 2.24) is 14.7 Å². The van der Waals surface area contributed by atoms with Gasteiger partial charge in [0.2, 0.25) is 5.82 Å². The maximum Gasteiger partial charge on any atom is 0.287 e. The van der Waals surface area contributed by atoms with Crippen LogP contribution in [0.25, 0.3) is 5.52 Å². The lowest BCUT2D eigenvalue weighted by atomic mass is 10.2. The van der Waals surface area contributed by atoms with Crippen LogP contribution in [-0.2, 0) is 0 Å². The quantitative estimate of drug-likeness (QED) is 0.690. The highest BCUT2D eigenvalue weighted by Crippen LogP contribution is 2.20. The Morgan fingerprint density at radius 1 is 1.12 bits per heavy atom. The SMILES string of the molecule is C=CCNC(=O)c1nc(C(=O)Nc2c(F)cccc2F)c2ccccn12. The number of hydrogen-bond donors (Lipinski definition) is 2. The van der Waals surface area contributed by atoms with Gasteiger partial charge in [0.15, 0.2) is 5.69 Å². The third-order valence-electron chi connectivity index (χ3n) is 3.57. The first-order valence-corrected chi connectivity index (χ1v) is 7.64. The van der Waals surface area contributed by atoms with E-state index < -0.39 is 29.1 Å². The van der Waals surface area contributed by atoms with Gasteiger partial charge in [-0.05, 0) is 24.3 Å². The van der Waals surface area contributed by atoms with Gasteiger partial charge in [-0.15, -0.1) is 6.58 Å². The Hall–Kier alpha value is -3.55. The van der Waals surface area contributed by atoms with E-state index >= 15 is 0 Å². The molecule has 6 nitrogen and oxygen atoms in total. The molecule has 0 bridgehead atoms. The molecule has 0 radical (unpaired) electrons. The van der Waals surface area contributed by atoms with Crippen LogP contribution in [0.15, 0.2) is 55.3 Å². The fourth-order valence-electron chi connectivity index (χ4n) is 2.40. The smallest absolute Gasteiger partial charge is 0.287 e. The number of halogens is 2. The lowest BCUT2D eigenvalue weighted by molar-refractivity contribution is 0.0947. The van der Waals surface area contributed by atoms with E-state index in [-0.39, 0.29) is 18.1 Å². The molecule has 0 aliphatic heterocycles. The van der Waals surface area contributed by atoms with Crippen LogP contribution in [0.5, 0.6) is 0 Å². The maximum atomic E-state index is 13.8. The molecule has 0 aliphatic rings. The Bertz CT molecular complexity index is 993. The number of benzene rings is 1. The molecule has 0 fully saturated rings. The maximum absolute atomic E-state index is 13.8. The van der Waals surface area contributed by atoms with Crippen LogP contribution in [0.3, 0.4) is 0 Å². The molecule has 8 heteroatoms. The predicted octanol–water partition coefficient (Wildman–Crippen LogP) is 2.78. The summed E-state index contributed by atoms with van der Waals surface area (Å²) < 4.78 is 28.9. The number of carbonyl (C=O) groups is 2. The van der Waals surface area contributed by atoms with Gasteiger partial charge in [-0.3, -0.25) is 14.0 Å². The molecule has 0 saturated carbocycles. The number of para-hydroxylation sites is 1. The number of fused-ring (bicyclic) bond motifs is 1. The zero-order valence-electron chi connectivity index (χ0n) is 13.5. The Balaban J connectivity index is 2.01. The van der Waals surface area contributed by atoms with Gasteiger partial charge in [-0.25, -0.2) is 13.8 Å². The van der Waals surface area contributed by atoms with Crippen molar-refractivity contribution in [3.05, 3.63) is 78.4 Å². The Kier molecular flexibility index (Phi) is 4.74. The lowest BCUT2D eigenvalue weighted by Crippen LogP contribution is -2.25. The molecule has 0 saturated heterocycles. The third kappa shape index (κ3) is 3.16. The minimum absolute atomic E-state index is 0.0263. The lowest BCUT2D eigenvalue weighted by Gasteiger charge is -2.06. The van der Waals surface area contributed by atoms with Crippen LogP contribution >= 0.6 is 0 Å². The van der Waals surface area contributed by atoms with Crippen LogP contribution in [0.2, 0.25) is 0 Å². The van der Waals surface area contributed by atoms with Gasteiger partial charge in [0.25, 0.3) is 11.8 Å². The molecule has 0 atom stereocenters. The Morgan fingerprint density at radius 3 is 2.54 bits per heavy atom. The minimum Gasteiger partial charge on any atom is -0.346 e. The molecule has 26 heavy (non-hydrogen) atoms. The molecule has 2 heterocycles. The van der Waals surface area contributed by atoms with Crippen molar-refractivity contribution >= 4 is 23.0 Å². The molecular weight excluding hydrogens is 342 g/mol. The van der Waals surface area contributed by atoms with Crippen LogP contribution < -0.4 is 10.6 Å². The van der Waals surface area contributed by atoms with E-state index in [0.717, 1.165) is 12.1 Å². The van der Waals surface area contributed by atoms with E-state index in [1.807, 2.05) is 0 Å². The van der Waals surface area contributed by atoms with Crippen LogP contribution in [0.4, 0.5) is 14.5 Å². The monoisotopic (exact) mass is 356 g/mol. The van der Waals surface area contributed by atoms with Crippen molar-refractivity contribution in [1.29, 1.82) is 0 Å². The summed E-state index contributed by atoms with van der Waals surface area (Å²) in [5.74, 6) is -3.19. The molecule has 0 unspecified atom stereocenters. The van der Waals surface area contributed by atoms with E-state index in [9.17, 15) is 18.4 Å². The number of aromatic nitrogens is 2. The van der Waals surface area contributed by atoms with Crippen molar-refractivity contribution in [3.8, 4) is 0 Å². The standard InChI is InChI=1S/C18H14F2N4O2/c1-2-9-21-18(26)16-22-15(13-8-3-4-10-24(13)16)17(25)23-14-11(19)6-5-7-12(14)20/h2-8,10H,1,9H2,(H,21,26)(H,23,25). The second-order valence-corrected chi connectivity index (χ2v) is 5.29. The summed E-state index contributed by atoms with van der Waals surface area (Å²) in [5, 5.41) is 4.74. The van der Waals surface area contributed by atoms with E-state index in [1.165, 1.54) is 16.5 Å². The largest absolute Gasteiger partial charge is 0.346 e. The molecule has 3 rings (SSSR count). The van der Waals surface area contributed by atoms with Gasteiger partial charge in [-0.1, -0.05) is 18.2 Å². The highest BCUT2D eigenvalue weighted by Gasteiger charge is 2.22. The van der Waals surface area contributed by atoms with Crippen molar-refractivity contribution in [2.45, 2.75) is 0 Å². The van der Waals surface area contributed by atoms with Crippen LogP contribution in [0.1, 0.15) is 21.1 Å². The number of amides is 2. The van der Waals surface area contributed by atoms with Crippen molar-refractivity contribution in [2.75, 3.05) is 11.9 Å². The normalized spacial score (nSPS) is 10.5. The van der Waals surface area contributed by atoms with Crippen molar-refractivity contribution < 1.29 is 18.4 Å². The molecule has 132 valence electrons. The Labute approximate surface area is 147 Å². The van der Waals surface area contributed by atoms with Gasteiger partial charge in [-0.2, -0.15) is 0 Å². The number of hydrogen-bond acceptors (Lipinski definition) is 3. The van der Waals surface area contributed by atoms with Crippen molar-refractivity contribution in [3.63, 3.8) is 0 Å². The summed E-state index contributed by atoms with van der Waals surface area (Å²) in [6, 6.07) is 8.13. The molecular formula is C18H14F2N4O2. The highest BCUT2D eigenvalue weighted by molar-refractivity contribution is 6.09. The zero-order chi connectivity index (χ0) is 18.7. The predicted molar refractivity (Wildman–Crippen MR) is 92.0 cm³/mol. The van der Waals surface area contributed by atoms with Gasteiger partial charge in [0.05, 0.1) is 5.52 Å². The molecule has 0 aliphatic carbocycles. The average molecular weight is 356 g/mol. The molecule has 1 aromatic carbocycles. The Morgan fingerprint density at radius 2 is 1.85 bits per heavy atom. The second-order valence-electron chi connectivity index (χ2n) is 5.29. The van der Waals surface area contributed by atoms with Gasteiger partial charge in [0.1, 0.15) is 17.3 Å². The zero-order valence-corrected chi connectivity index (χ0v) is 13.5.